The van der Waals surface area contributed by atoms with Gasteiger partial charge in [0.2, 0.25) is 0 Å². The van der Waals surface area contributed by atoms with Crippen LogP contribution >= 0.6 is 7.82 Å². The number of phosphoric acid groups is 1. The Morgan fingerprint density at radius 3 is 1.02 bits per heavy atom. The highest BCUT2D eigenvalue weighted by molar-refractivity contribution is 7.47. The number of aliphatic hydroxyl groups excluding tert-OH is 10. The zero-order chi connectivity index (χ0) is 70.4. The summed E-state index contributed by atoms with van der Waals surface area (Å²) < 4.78 is 65.0. The second kappa shape index (κ2) is 53.7. The van der Waals surface area contributed by atoms with Crippen molar-refractivity contribution in [2.75, 3.05) is 26.4 Å². The average molecular weight is 1400 g/mol. The first-order chi connectivity index (χ1) is 46.3. The van der Waals surface area contributed by atoms with Crippen molar-refractivity contribution in [3.63, 3.8) is 0 Å². The van der Waals surface area contributed by atoms with Crippen LogP contribution in [0.1, 0.15) is 303 Å². The van der Waals surface area contributed by atoms with E-state index in [-0.39, 0.29) is 19.3 Å². The first-order valence-electron chi connectivity index (χ1n) is 37.8. The van der Waals surface area contributed by atoms with Crippen LogP contribution in [0.2, 0.25) is 0 Å². The molecule has 0 aromatic carbocycles. The Morgan fingerprint density at radius 2 is 0.667 bits per heavy atom. The number of phosphoric ester groups is 1. The summed E-state index contributed by atoms with van der Waals surface area (Å²) in [5, 5.41) is 110. The molecule has 2 aliphatic heterocycles. The van der Waals surface area contributed by atoms with E-state index in [2.05, 4.69) is 20.8 Å². The summed E-state index contributed by atoms with van der Waals surface area (Å²) in [6, 6.07) is 0. The van der Waals surface area contributed by atoms with Gasteiger partial charge in [0.25, 0.3) is 0 Å². The van der Waals surface area contributed by atoms with Gasteiger partial charge in [-0.25, -0.2) is 4.57 Å². The molecule has 11 N–H and O–H groups in total. The molecule has 2 heterocycles. The number of carbonyl (C=O) groups excluding carboxylic acids is 3. The van der Waals surface area contributed by atoms with E-state index in [0.29, 0.717) is 19.3 Å². The number of hydrogen-bond donors (Lipinski definition) is 11. The van der Waals surface area contributed by atoms with Crippen molar-refractivity contribution in [3.8, 4) is 0 Å². The standard InChI is InChI=1S/C71H133O24P/c1-4-7-10-13-16-19-22-24-25-26-27-29-32-35-38-41-44-47-57(75)90-52(49-87-55(73)45-42-39-36-34-31-28-23-20-17-14-11-8-5-2)50-89-96(85,86)95-69-67(93-70-65(83)60(78)58(76)53(48-72)91-70)63(81)62(80)64(82)68(69)94-71-66(84)61(79)59(77)54(92-71)51-88-56(74)46-43-40-37-33-30-21-18-15-12-9-6-3/h52-54,58-72,76-84H,4-51H2,1-3H3,(H,85,86). The number of ether oxygens (including phenoxy) is 7. The first-order valence-corrected chi connectivity index (χ1v) is 39.3. The van der Waals surface area contributed by atoms with Crippen LogP contribution < -0.4 is 0 Å². The fourth-order valence-corrected chi connectivity index (χ4v) is 13.7. The average Bonchev–Trinajstić information content (AvgIpc) is 0.765. The normalized spacial score (nSPS) is 27.9. The van der Waals surface area contributed by atoms with E-state index in [9.17, 15) is 74.9 Å². The summed E-state index contributed by atoms with van der Waals surface area (Å²) in [5.74, 6) is -1.97. The Kier molecular flexibility index (Phi) is 49.4. The third-order valence-electron chi connectivity index (χ3n) is 18.9. The van der Waals surface area contributed by atoms with Crippen molar-refractivity contribution >= 4 is 25.7 Å². The smallest absolute Gasteiger partial charge is 0.463 e. The molecule has 18 atom stereocenters. The van der Waals surface area contributed by atoms with Gasteiger partial charge in [-0.15, -0.1) is 0 Å². The van der Waals surface area contributed by atoms with Gasteiger partial charge in [0, 0.05) is 19.3 Å². The first kappa shape index (κ1) is 88.2. The lowest BCUT2D eigenvalue weighted by molar-refractivity contribution is -0.360. The molecule has 0 spiro atoms. The molecule has 0 bridgehead atoms. The number of esters is 3. The van der Waals surface area contributed by atoms with E-state index < -0.39 is 156 Å². The minimum atomic E-state index is -5.69. The molecular formula is C71H133O24P. The molecule has 18 unspecified atom stereocenters. The Hall–Kier alpha value is -2.04. The van der Waals surface area contributed by atoms with Gasteiger partial charge in [-0.1, -0.05) is 265 Å². The molecule has 3 aliphatic rings. The summed E-state index contributed by atoms with van der Waals surface area (Å²) in [7, 11) is -5.69. The topological polar surface area (TPSA) is 374 Å². The largest absolute Gasteiger partial charge is 0.472 e. The zero-order valence-corrected chi connectivity index (χ0v) is 59.8. The molecule has 24 nitrogen and oxygen atoms in total. The molecule has 96 heavy (non-hydrogen) atoms. The minimum absolute atomic E-state index is 0.0327. The highest BCUT2D eigenvalue weighted by Crippen LogP contribution is 2.49. The number of carbonyl (C=O) groups is 3. The van der Waals surface area contributed by atoms with Crippen LogP contribution in [-0.4, -0.2) is 204 Å². The van der Waals surface area contributed by atoms with E-state index in [1.165, 1.54) is 154 Å². The Balaban J connectivity index is 1.73. The van der Waals surface area contributed by atoms with Crippen molar-refractivity contribution in [2.45, 2.75) is 407 Å². The lowest BCUT2D eigenvalue weighted by Crippen LogP contribution is -2.69. The maximum atomic E-state index is 14.3. The molecule has 0 amide bonds. The van der Waals surface area contributed by atoms with Gasteiger partial charge in [0.05, 0.1) is 13.2 Å². The van der Waals surface area contributed by atoms with Gasteiger partial charge >= 0.3 is 25.7 Å². The number of hydrogen-bond acceptors (Lipinski definition) is 23. The minimum Gasteiger partial charge on any atom is -0.463 e. The number of unbranched alkanes of at least 4 members (excludes halogenated alkanes) is 38. The molecule has 0 aromatic heterocycles. The zero-order valence-electron chi connectivity index (χ0n) is 58.9. The highest BCUT2D eigenvalue weighted by atomic mass is 31.2. The lowest BCUT2D eigenvalue weighted by Gasteiger charge is -2.49. The number of rotatable bonds is 59. The van der Waals surface area contributed by atoms with Gasteiger partial charge < -0.3 is 89.1 Å². The summed E-state index contributed by atoms with van der Waals surface area (Å²) in [5.41, 5.74) is 0. The van der Waals surface area contributed by atoms with Crippen LogP contribution in [0.4, 0.5) is 0 Å². The molecule has 566 valence electrons. The molecule has 1 saturated carbocycles. The van der Waals surface area contributed by atoms with E-state index in [1.807, 2.05) is 0 Å². The predicted molar refractivity (Wildman–Crippen MR) is 361 cm³/mol. The van der Waals surface area contributed by atoms with Crippen molar-refractivity contribution in [2.24, 2.45) is 0 Å². The van der Waals surface area contributed by atoms with Gasteiger partial charge in [0.15, 0.2) is 18.7 Å². The Bertz CT molecular complexity index is 1990. The Labute approximate surface area is 574 Å². The van der Waals surface area contributed by atoms with Crippen molar-refractivity contribution < 1.29 is 117 Å². The maximum absolute atomic E-state index is 14.3. The molecule has 0 radical (unpaired) electrons. The highest BCUT2D eigenvalue weighted by Gasteiger charge is 2.58. The van der Waals surface area contributed by atoms with Gasteiger partial charge in [0.1, 0.15) is 98.7 Å². The fourth-order valence-electron chi connectivity index (χ4n) is 12.7. The summed E-state index contributed by atoms with van der Waals surface area (Å²) >= 11 is 0. The van der Waals surface area contributed by atoms with Crippen LogP contribution in [0.25, 0.3) is 0 Å². The van der Waals surface area contributed by atoms with Gasteiger partial charge in [-0.05, 0) is 19.3 Å². The lowest BCUT2D eigenvalue weighted by atomic mass is 9.84. The second-order valence-electron chi connectivity index (χ2n) is 27.4. The van der Waals surface area contributed by atoms with Crippen molar-refractivity contribution in [1.29, 1.82) is 0 Å². The Morgan fingerprint density at radius 1 is 0.365 bits per heavy atom. The SMILES string of the molecule is CCCCCCCCCCCCCCCCCCCC(=O)OC(COC(=O)CCCCCCCCCCCCCCC)COP(=O)(O)OC1C(OC2OC(CO)C(O)C(O)C2O)C(O)C(O)C(O)C1OC1OC(COC(=O)CCCCCCCCCCCCC)C(O)C(O)C1O. The fraction of sp³-hybridized carbons (Fsp3) is 0.958. The van der Waals surface area contributed by atoms with Crippen LogP contribution in [0.15, 0.2) is 0 Å². The predicted octanol–water partition coefficient (Wildman–Crippen LogP) is 10.2. The van der Waals surface area contributed by atoms with Gasteiger partial charge in [-0.3, -0.25) is 23.4 Å². The van der Waals surface area contributed by atoms with Crippen LogP contribution in [0, 0.1) is 0 Å². The monoisotopic (exact) mass is 1400 g/mol. The molecular weight excluding hydrogens is 1270 g/mol. The van der Waals surface area contributed by atoms with E-state index in [0.717, 1.165) is 89.9 Å². The third-order valence-corrected chi connectivity index (χ3v) is 19.9. The summed E-state index contributed by atoms with van der Waals surface area (Å²) in [4.78, 5) is 51.0. The third kappa shape index (κ3) is 36.7. The quantitative estimate of drug-likeness (QED) is 0.0117. The van der Waals surface area contributed by atoms with Crippen LogP contribution in [0.5, 0.6) is 0 Å². The van der Waals surface area contributed by atoms with Crippen LogP contribution in [-0.2, 0) is 61.2 Å². The van der Waals surface area contributed by atoms with Gasteiger partial charge in [-0.2, -0.15) is 0 Å². The summed E-state index contributed by atoms with van der Waals surface area (Å²) in [6.45, 7) is 3.45. The van der Waals surface area contributed by atoms with Crippen molar-refractivity contribution in [1.82, 2.24) is 0 Å². The molecule has 3 fully saturated rings. The van der Waals surface area contributed by atoms with E-state index in [4.69, 9.17) is 42.2 Å². The molecule has 25 heteroatoms. The van der Waals surface area contributed by atoms with E-state index in [1.54, 1.807) is 0 Å². The molecule has 3 rings (SSSR count). The summed E-state index contributed by atoms with van der Waals surface area (Å²) in [6.07, 6.45) is 10.3. The molecule has 0 aromatic rings. The molecule has 2 saturated heterocycles. The van der Waals surface area contributed by atoms with E-state index >= 15 is 0 Å². The maximum Gasteiger partial charge on any atom is 0.472 e. The molecule has 1 aliphatic carbocycles. The van der Waals surface area contributed by atoms with Crippen LogP contribution in [0.3, 0.4) is 0 Å². The second-order valence-corrected chi connectivity index (χ2v) is 28.8. The number of aliphatic hydroxyl groups is 10. The van der Waals surface area contributed by atoms with Crippen molar-refractivity contribution in [3.05, 3.63) is 0 Å².